The first-order valence-corrected chi connectivity index (χ1v) is 10.8. The predicted molar refractivity (Wildman–Crippen MR) is 106 cm³/mol. The Bertz CT molecular complexity index is 952. The van der Waals surface area contributed by atoms with Gasteiger partial charge in [-0.05, 0) is 31.0 Å². The van der Waals surface area contributed by atoms with Crippen molar-refractivity contribution in [3.8, 4) is 11.4 Å². The van der Waals surface area contributed by atoms with Crippen molar-refractivity contribution < 1.29 is 8.42 Å². The zero-order valence-electron chi connectivity index (χ0n) is 14.8. The lowest BCUT2D eigenvalue weighted by Gasteiger charge is -2.19. The first-order valence-electron chi connectivity index (χ1n) is 8.57. The predicted octanol–water partition coefficient (Wildman–Crippen LogP) is 4.37. The van der Waals surface area contributed by atoms with Crippen LogP contribution in [-0.4, -0.2) is 24.3 Å². The molecule has 7 heteroatoms. The van der Waals surface area contributed by atoms with Gasteiger partial charge in [0.2, 0.25) is 5.13 Å². The van der Waals surface area contributed by atoms with Gasteiger partial charge in [0.05, 0.1) is 4.90 Å². The fourth-order valence-corrected chi connectivity index (χ4v) is 5.05. The van der Waals surface area contributed by atoms with E-state index in [0.29, 0.717) is 17.5 Å². The first-order chi connectivity index (χ1) is 12.6. The summed E-state index contributed by atoms with van der Waals surface area (Å²) in [5.41, 5.74) is 2.00. The lowest BCUT2D eigenvalue weighted by molar-refractivity contribution is 0.591. The maximum atomic E-state index is 13.0. The molecule has 0 bridgehead atoms. The highest BCUT2D eigenvalue weighted by atomic mass is 32.2. The third-order valence-corrected chi connectivity index (χ3v) is 6.73. The summed E-state index contributed by atoms with van der Waals surface area (Å²) in [6, 6.07) is 16.6. The molecule has 5 nitrogen and oxygen atoms in total. The summed E-state index contributed by atoms with van der Waals surface area (Å²) in [5, 5.41) is 0.379. The molecule has 0 saturated heterocycles. The van der Waals surface area contributed by atoms with Gasteiger partial charge in [-0.25, -0.2) is 12.7 Å². The molecular formula is C19H21N3O2S2. The van der Waals surface area contributed by atoms with Crippen molar-refractivity contribution in [3.63, 3.8) is 0 Å². The monoisotopic (exact) mass is 387 g/mol. The summed E-state index contributed by atoms with van der Waals surface area (Å²) < 4.78 is 31.7. The lowest BCUT2D eigenvalue weighted by Crippen LogP contribution is -2.30. The fourth-order valence-electron chi connectivity index (χ4n) is 2.67. The molecule has 3 rings (SSSR count). The summed E-state index contributed by atoms with van der Waals surface area (Å²) in [4.78, 5) is 4.72. The number of rotatable bonds is 7. The maximum absolute atomic E-state index is 13.0. The summed E-state index contributed by atoms with van der Waals surface area (Å²) in [5.74, 6) is 0.539. The number of sulfonamides is 1. The molecule has 0 unspecified atom stereocenters. The smallest absolute Gasteiger partial charge is 0.240 e. The minimum atomic E-state index is -3.66. The van der Waals surface area contributed by atoms with E-state index >= 15 is 0 Å². The minimum absolute atomic E-state index is 0.274. The van der Waals surface area contributed by atoms with Crippen LogP contribution in [0.15, 0.2) is 59.5 Å². The van der Waals surface area contributed by atoms with Crippen molar-refractivity contribution in [2.75, 3.05) is 10.8 Å². The molecule has 3 aromatic rings. The summed E-state index contributed by atoms with van der Waals surface area (Å²) in [6.07, 6.45) is 1.97. The number of anilines is 1. The molecule has 0 atom stereocenters. The SMILES string of the molecule is CCCc1ccc(S(=O)(=O)N(CC)c2nc(-c3ccccc3)ns2)cc1. The molecule has 0 saturated carbocycles. The maximum Gasteiger partial charge on any atom is 0.266 e. The molecule has 2 aromatic carbocycles. The Kier molecular flexibility index (Phi) is 5.68. The van der Waals surface area contributed by atoms with Crippen molar-refractivity contribution in [3.05, 3.63) is 60.2 Å². The Labute approximate surface area is 158 Å². The van der Waals surface area contributed by atoms with Gasteiger partial charge >= 0.3 is 0 Å². The van der Waals surface area contributed by atoms with Crippen LogP contribution in [-0.2, 0) is 16.4 Å². The molecule has 0 aliphatic rings. The molecule has 1 aromatic heterocycles. The summed E-state index contributed by atoms with van der Waals surface area (Å²) in [7, 11) is -3.66. The lowest BCUT2D eigenvalue weighted by atomic mass is 10.1. The third-order valence-electron chi connectivity index (χ3n) is 4.00. The van der Waals surface area contributed by atoms with Crippen LogP contribution in [0, 0.1) is 0 Å². The van der Waals surface area contributed by atoms with Crippen molar-refractivity contribution in [2.45, 2.75) is 31.6 Å². The second-order valence-corrected chi connectivity index (χ2v) is 8.42. The standard InChI is InChI=1S/C19H21N3O2S2/c1-3-8-15-11-13-17(14-12-15)26(23,24)22(4-2)19-20-18(21-25-19)16-9-6-5-7-10-16/h5-7,9-14H,3-4,8H2,1-2H3. The van der Waals surface area contributed by atoms with E-state index in [-0.39, 0.29) is 4.90 Å². The molecule has 0 radical (unpaired) electrons. The number of benzene rings is 2. The molecule has 0 amide bonds. The van der Waals surface area contributed by atoms with Gasteiger partial charge in [0.15, 0.2) is 5.82 Å². The number of aryl methyl sites for hydroxylation is 1. The van der Waals surface area contributed by atoms with Crippen LogP contribution in [0.25, 0.3) is 11.4 Å². The Morgan fingerprint density at radius 2 is 1.69 bits per heavy atom. The number of hydrogen-bond acceptors (Lipinski definition) is 5. The third kappa shape index (κ3) is 3.78. The van der Waals surface area contributed by atoms with Gasteiger partial charge in [0.25, 0.3) is 10.0 Å². The van der Waals surface area contributed by atoms with E-state index in [1.165, 1.54) is 4.31 Å². The van der Waals surface area contributed by atoms with E-state index in [9.17, 15) is 8.42 Å². The van der Waals surface area contributed by atoms with Crippen LogP contribution >= 0.6 is 11.5 Å². The zero-order valence-corrected chi connectivity index (χ0v) is 16.4. The van der Waals surface area contributed by atoms with Crippen LogP contribution in [0.5, 0.6) is 0 Å². The fraction of sp³-hybridized carbons (Fsp3) is 0.263. The normalized spacial score (nSPS) is 11.5. The van der Waals surface area contributed by atoms with E-state index in [0.717, 1.165) is 35.5 Å². The van der Waals surface area contributed by atoms with Crippen LogP contribution in [0.3, 0.4) is 0 Å². The summed E-state index contributed by atoms with van der Waals surface area (Å²) in [6.45, 7) is 4.19. The molecule has 0 N–H and O–H groups in total. The van der Waals surface area contributed by atoms with E-state index in [1.54, 1.807) is 19.1 Å². The first kappa shape index (κ1) is 18.5. The molecule has 0 aliphatic carbocycles. The average molecular weight is 388 g/mol. The Morgan fingerprint density at radius 3 is 2.31 bits per heavy atom. The molecular weight excluding hydrogens is 366 g/mol. The quantitative estimate of drug-likeness (QED) is 0.604. The van der Waals surface area contributed by atoms with Gasteiger partial charge < -0.3 is 0 Å². The van der Waals surface area contributed by atoms with Crippen molar-refractivity contribution in [1.29, 1.82) is 0 Å². The molecule has 0 aliphatic heterocycles. The van der Waals surface area contributed by atoms with Gasteiger partial charge in [-0.15, -0.1) is 0 Å². The van der Waals surface area contributed by atoms with Crippen molar-refractivity contribution in [1.82, 2.24) is 9.36 Å². The van der Waals surface area contributed by atoms with E-state index in [2.05, 4.69) is 16.3 Å². The van der Waals surface area contributed by atoms with Gasteiger partial charge in [0.1, 0.15) is 0 Å². The minimum Gasteiger partial charge on any atom is -0.240 e. The highest BCUT2D eigenvalue weighted by Gasteiger charge is 2.26. The van der Waals surface area contributed by atoms with Crippen LogP contribution < -0.4 is 4.31 Å². The van der Waals surface area contributed by atoms with E-state index in [1.807, 2.05) is 42.5 Å². The molecule has 1 heterocycles. The van der Waals surface area contributed by atoms with Crippen molar-refractivity contribution >= 4 is 26.7 Å². The molecule has 0 fully saturated rings. The van der Waals surface area contributed by atoms with Gasteiger partial charge in [-0.1, -0.05) is 55.8 Å². The Hall–Kier alpha value is -2.25. The van der Waals surface area contributed by atoms with E-state index in [4.69, 9.17) is 0 Å². The Balaban J connectivity index is 1.91. The highest BCUT2D eigenvalue weighted by Crippen LogP contribution is 2.28. The number of hydrogen-bond donors (Lipinski definition) is 0. The second-order valence-electron chi connectivity index (χ2n) is 5.83. The highest BCUT2D eigenvalue weighted by molar-refractivity contribution is 7.93. The molecule has 26 heavy (non-hydrogen) atoms. The van der Waals surface area contributed by atoms with Gasteiger partial charge in [-0.2, -0.15) is 9.36 Å². The Morgan fingerprint density at radius 1 is 1.00 bits per heavy atom. The van der Waals surface area contributed by atoms with Crippen LogP contribution in [0.2, 0.25) is 0 Å². The molecule has 0 spiro atoms. The summed E-state index contributed by atoms with van der Waals surface area (Å²) >= 11 is 1.10. The van der Waals surface area contributed by atoms with E-state index < -0.39 is 10.0 Å². The van der Waals surface area contributed by atoms with Gasteiger partial charge in [0, 0.05) is 23.6 Å². The van der Waals surface area contributed by atoms with Gasteiger partial charge in [-0.3, -0.25) is 0 Å². The number of nitrogens with zero attached hydrogens (tertiary/aromatic N) is 3. The average Bonchev–Trinajstić information content (AvgIpc) is 3.13. The second kappa shape index (κ2) is 7.97. The largest absolute Gasteiger partial charge is 0.266 e. The zero-order chi connectivity index (χ0) is 18.6. The topological polar surface area (TPSA) is 63.2 Å². The van der Waals surface area contributed by atoms with Crippen molar-refractivity contribution in [2.24, 2.45) is 0 Å². The number of aromatic nitrogens is 2. The van der Waals surface area contributed by atoms with Crippen LogP contribution in [0.1, 0.15) is 25.8 Å². The molecule has 136 valence electrons. The van der Waals surface area contributed by atoms with Crippen LogP contribution in [0.4, 0.5) is 5.13 Å².